The van der Waals surface area contributed by atoms with Crippen molar-refractivity contribution < 1.29 is 4.79 Å². The molecule has 0 spiro atoms. The smallest absolute Gasteiger partial charge is 0.317 e. The van der Waals surface area contributed by atoms with E-state index in [2.05, 4.69) is 10.3 Å². The van der Waals surface area contributed by atoms with Gasteiger partial charge >= 0.3 is 6.03 Å². The zero-order valence-corrected chi connectivity index (χ0v) is 17.2. The number of carbonyl (C=O) groups excluding carboxylic acids is 1. The van der Waals surface area contributed by atoms with Crippen LogP contribution in [0.2, 0.25) is 0 Å². The van der Waals surface area contributed by atoms with Gasteiger partial charge in [-0.2, -0.15) is 5.10 Å². The first-order valence-corrected chi connectivity index (χ1v) is 10.8. The highest BCUT2D eigenvalue weighted by atomic mass is 16.2. The van der Waals surface area contributed by atoms with Gasteiger partial charge in [0.05, 0.1) is 11.4 Å². The van der Waals surface area contributed by atoms with Crippen molar-refractivity contribution in [1.29, 1.82) is 0 Å². The Labute approximate surface area is 176 Å². The molecule has 2 aliphatic carbocycles. The predicted octanol–water partition coefficient (Wildman–Crippen LogP) is 4.26. The minimum atomic E-state index is 0.00643. The minimum Gasteiger partial charge on any atom is -0.334 e. The summed E-state index contributed by atoms with van der Waals surface area (Å²) in [5.74, 6) is 1.39. The van der Waals surface area contributed by atoms with E-state index in [4.69, 9.17) is 5.10 Å². The normalized spacial score (nSPS) is 15.9. The van der Waals surface area contributed by atoms with Crippen LogP contribution in [-0.2, 0) is 6.54 Å². The van der Waals surface area contributed by atoms with Crippen molar-refractivity contribution in [3.8, 4) is 16.9 Å². The number of hydrogen-bond acceptors (Lipinski definition) is 3. The summed E-state index contributed by atoms with van der Waals surface area (Å²) in [5, 5.41) is 7.95. The van der Waals surface area contributed by atoms with Crippen LogP contribution in [0.1, 0.15) is 31.2 Å². The van der Waals surface area contributed by atoms with Crippen molar-refractivity contribution in [3.63, 3.8) is 0 Å². The largest absolute Gasteiger partial charge is 0.334 e. The molecular weight excluding hydrogens is 374 g/mol. The Balaban J connectivity index is 1.36. The molecule has 3 aromatic rings. The van der Waals surface area contributed by atoms with E-state index in [0.717, 1.165) is 22.5 Å². The molecule has 2 amide bonds. The van der Waals surface area contributed by atoms with E-state index in [9.17, 15) is 4.79 Å². The van der Waals surface area contributed by atoms with E-state index in [1.54, 1.807) is 12.4 Å². The van der Waals surface area contributed by atoms with Gasteiger partial charge in [0.1, 0.15) is 0 Å². The molecule has 5 rings (SSSR count). The van der Waals surface area contributed by atoms with Crippen LogP contribution in [0, 0.1) is 11.8 Å². The highest BCUT2D eigenvalue weighted by molar-refractivity contribution is 5.75. The molecule has 0 atom stereocenters. The molecule has 154 valence electrons. The topological polar surface area (TPSA) is 63.1 Å². The highest BCUT2D eigenvalue weighted by Crippen LogP contribution is 2.46. The molecule has 0 aliphatic heterocycles. The van der Waals surface area contributed by atoms with Gasteiger partial charge in [-0.3, -0.25) is 4.98 Å². The number of aromatic nitrogens is 3. The Hall–Kier alpha value is -3.15. The van der Waals surface area contributed by atoms with Crippen molar-refractivity contribution in [1.82, 2.24) is 25.0 Å². The third-order valence-electron chi connectivity index (χ3n) is 6.17. The van der Waals surface area contributed by atoms with Crippen LogP contribution in [0.4, 0.5) is 4.79 Å². The van der Waals surface area contributed by atoms with Crippen LogP contribution < -0.4 is 5.32 Å². The second kappa shape index (κ2) is 7.94. The Morgan fingerprint density at radius 1 is 1.10 bits per heavy atom. The van der Waals surface area contributed by atoms with Crippen LogP contribution in [0.3, 0.4) is 0 Å². The number of benzene rings is 1. The van der Waals surface area contributed by atoms with Crippen molar-refractivity contribution >= 4 is 6.03 Å². The van der Waals surface area contributed by atoms with Gasteiger partial charge in [0, 0.05) is 49.4 Å². The molecule has 2 aromatic heterocycles. The predicted molar refractivity (Wildman–Crippen MR) is 116 cm³/mol. The summed E-state index contributed by atoms with van der Waals surface area (Å²) in [4.78, 5) is 19.0. The number of urea groups is 1. The van der Waals surface area contributed by atoms with Gasteiger partial charge in [0.2, 0.25) is 0 Å². The summed E-state index contributed by atoms with van der Waals surface area (Å²) in [6, 6.07) is 14.3. The molecule has 0 bridgehead atoms. The number of nitrogens with zero attached hydrogens (tertiary/aromatic N) is 4. The third kappa shape index (κ3) is 3.95. The maximum absolute atomic E-state index is 12.9. The lowest BCUT2D eigenvalue weighted by Crippen LogP contribution is -2.45. The summed E-state index contributed by atoms with van der Waals surface area (Å²) in [6.07, 6.45) is 10.6. The summed E-state index contributed by atoms with van der Waals surface area (Å²) in [7, 11) is 1.95. The molecular formula is C24H27N5O. The van der Waals surface area contributed by atoms with Crippen LogP contribution in [0.5, 0.6) is 0 Å². The molecule has 2 heterocycles. The van der Waals surface area contributed by atoms with Gasteiger partial charge in [-0.15, -0.1) is 0 Å². The monoisotopic (exact) mass is 401 g/mol. The number of nitrogens with one attached hydrogen (secondary N) is 1. The maximum Gasteiger partial charge on any atom is 0.317 e. The number of rotatable bonds is 7. The standard InChI is InChI=1S/C24H27N5O/c1-28(23(18-7-8-18)19-9-10-19)24(30)26-15-20-16-29(21-5-3-2-4-6-21)27-22(20)17-11-13-25-14-12-17/h2-6,11-14,16,18-19,23H,7-10,15H2,1H3,(H,26,30). The number of para-hydroxylation sites is 1. The zero-order valence-electron chi connectivity index (χ0n) is 17.2. The molecule has 6 heteroatoms. The molecule has 6 nitrogen and oxygen atoms in total. The van der Waals surface area contributed by atoms with Crippen molar-refractivity contribution in [2.75, 3.05) is 7.05 Å². The summed E-state index contributed by atoms with van der Waals surface area (Å²) in [6.45, 7) is 0.440. The Kier molecular flexibility index (Phi) is 4.99. The highest BCUT2D eigenvalue weighted by Gasteiger charge is 2.44. The number of amides is 2. The lowest BCUT2D eigenvalue weighted by molar-refractivity contribution is 0.174. The molecule has 0 unspecified atom stereocenters. The first-order chi connectivity index (χ1) is 14.7. The first-order valence-electron chi connectivity index (χ1n) is 10.8. The van der Waals surface area contributed by atoms with E-state index < -0.39 is 0 Å². The van der Waals surface area contributed by atoms with Gasteiger partial charge in [-0.25, -0.2) is 9.48 Å². The Morgan fingerprint density at radius 3 is 2.40 bits per heavy atom. The molecule has 0 saturated heterocycles. The molecule has 1 N–H and O–H groups in total. The summed E-state index contributed by atoms with van der Waals surface area (Å²) in [5.41, 5.74) is 3.84. The van der Waals surface area contributed by atoms with Crippen LogP contribution >= 0.6 is 0 Å². The average Bonchev–Trinajstić information content (AvgIpc) is 3.73. The average molecular weight is 402 g/mol. The van der Waals surface area contributed by atoms with Crippen molar-refractivity contribution in [3.05, 3.63) is 66.6 Å². The van der Waals surface area contributed by atoms with Gasteiger partial charge in [0.15, 0.2) is 0 Å². The second-order valence-electron chi connectivity index (χ2n) is 8.45. The minimum absolute atomic E-state index is 0.00643. The number of hydrogen-bond donors (Lipinski definition) is 1. The lowest BCUT2D eigenvalue weighted by atomic mass is 10.1. The van der Waals surface area contributed by atoms with E-state index in [1.807, 2.05) is 65.3 Å². The number of pyridine rings is 1. The van der Waals surface area contributed by atoms with Crippen LogP contribution in [-0.4, -0.2) is 38.8 Å². The van der Waals surface area contributed by atoms with E-state index >= 15 is 0 Å². The molecule has 2 saturated carbocycles. The fourth-order valence-corrected chi connectivity index (χ4v) is 4.33. The fourth-order valence-electron chi connectivity index (χ4n) is 4.33. The van der Waals surface area contributed by atoms with E-state index in [1.165, 1.54) is 25.7 Å². The van der Waals surface area contributed by atoms with Crippen LogP contribution in [0.25, 0.3) is 16.9 Å². The quantitative estimate of drug-likeness (QED) is 0.643. The van der Waals surface area contributed by atoms with Crippen molar-refractivity contribution in [2.45, 2.75) is 38.3 Å². The number of carbonyl (C=O) groups is 1. The first kappa shape index (κ1) is 18.9. The van der Waals surface area contributed by atoms with Gasteiger partial charge in [-0.05, 0) is 61.8 Å². The summed E-state index contributed by atoms with van der Waals surface area (Å²) < 4.78 is 1.87. The molecule has 2 fully saturated rings. The molecule has 1 aromatic carbocycles. The Morgan fingerprint density at radius 2 is 1.77 bits per heavy atom. The van der Waals surface area contributed by atoms with E-state index in [-0.39, 0.29) is 6.03 Å². The maximum atomic E-state index is 12.9. The SMILES string of the molecule is CN(C(=O)NCc1cn(-c2ccccc2)nc1-c1ccncc1)C(C1CC1)C1CC1. The summed E-state index contributed by atoms with van der Waals surface area (Å²) >= 11 is 0. The second-order valence-corrected chi connectivity index (χ2v) is 8.45. The zero-order chi connectivity index (χ0) is 20.5. The van der Waals surface area contributed by atoms with Gasteiger partial charge in [0.25, 0.3) is 0 Å². The third-order valence-corrected chi connectivity index (χ3v) is 6.17. The van der Waals surface area contributed by atoms with Gasteiger partial charge < -0.3 is 10.2 Å². The molecule has 0 radical (unpaired) electrons. The molecule has 2 aliphatic rings. The van der Waals surface area contributed by atoms with Crippen LogP contribution in [0.15, 0.2) is 61.1 Å². The van der Waals surface area contributed by atoms with Gasteiger partial charge in [-0.1, -0.05) is 18.2 Å². The fraction of sp³-hybridized carbons (Fsp3) is 0.375. The lowest BCUT2D eigenvalue weighted by Gasteiger charge is -2.28. The van der Waals surface area contributed by atoms with E-state index in [0.29, 0.717) is 24.4 Å². The molecule has 30 heavy (non-hydrogen) atoms. The van der Waals surface area contributed by atoms with Crippen molar-refractivity contribution in [2.24, 2.45) is 11.8 Å². The Bertz CT molecular complexity index is 997.